The molecule has 0 bridgehead atoms. The molecular formula is C33H39N7O5. The topological polar surface area (TPSA) is 153 Å². The van der Waals surface area contributed by atoms with Crippen LogP contribution in [0.5, 0.6) is 5.88 Å². The Bertz CT molecular complexity index is 1690. The van der Waals surface area contributed by atoms with E-state index >= 15 is 0 Å². The third kappa shape index (κ3) is 8.34. The molecule has 0 saturated heterocycles. The third-order valence-corrected chi connectivity index (χ3v) is 7.48. The summed E-state index contributed by atoms with van der Waals surface area (Å²) in [5.41, 5.74) is 6.45. The molecule has 0 unspecified atom stereocenters. The second kappa shape index (κ2) is 14.2. The molecule has 1 aliphatic rings. The number of amides is 1. The molecule has 3 heterocycles. The van der Waals surface area contributed by atoms with Crippen LogP contribution in [0, 0.1) is 19.3 Å². The van der Waals surface area contributed by atoms with Gasteiger partial charge in [0, 0.05) is 37.0 Å². The van der Waals surface area contributed by atoms with Crippen molar-refractivity contribution in [2.75, 3.05) is 18.5 Å². The average molecular weight is 614 g/mol. The molecule has 3 N–H and O–H groups in total. The van der Waals surface area contributed by atoms with Crippen molar-refractivity contribution < 1.29 is 23.8 Å². The lowest BCUT2D eigenvalue weighted by Gasteiger charge is -2.15. The lowest BCUT2D eigenvalue weighted by atomic mass is 9.98. The van der Waals surface area contributed by atoms with Crippen LogP contribution in [0.2, 0.25) is 0 Å². The van der Waals surface area contributed by atoms with Crippen LogP contribution in [-0.2, 0) is 33.8 Å². The molecule has 5 rings (SSSR count). The fraction of sp³-hybridized carbons (Fsp3) is 0.394. The number of hydrogen-bond donors (Lipinski definition) is 3. The number of benzene rings is 1. The van der Waals surface area contributed by atoms with E-state index in [0.717, 1.165) is 28.0 Å². The van der Waals surface area contributed by atoms with Gasteiger partial charge in [-0.05, 0) is 86.9 Å². The highest BCUT2D eigenvalue weighted by Gasteiger charge is 2.24. The van der Waals surface area contributed by atoms with E-state index in [-0.39, 0.29) is 31.4 Å². The molecule has 0 aliphatic heterocycles. The van der Waals surface area contributed by atoms with Gasteiger partial charge in [-0.2, -0.15) is 4.98 Å². The van der Waals surface area contributed by atoms with E-state index < -0.39 is 6.09 Å². The summed E-state index contributed by atoms with van der Waals surface area (Å²) in [7, 11) is 0. The highest BCUT2D eigenvalue weighted by Crippen LogP contribution is 2.39. The van der Waals surface area contributed by atoms with Gasteiger partial charge in [0.15, 0.2) is 0 Å². The number of esters is 1. The first kappa shape index (κ1) is 31.4. The van der Waals surface area contributed by atoms with E-state index in [1.165, 1.54) is 18.4 Å². The summed E-state index contributed by atoms with van der Waals surface area (Å²) in [6.07, 6.45) is 6.38. The van der Waals surface area contributed by atoms with E-state index in [1.807, 2.05) is 42.6 Å². The Kier molecular flexibility index (Phi) is 9.91. The Morgan fingerprint density at radius 2 is 1.76 bits per heavy atom. The fourth-order valence-corrected chi connectivity index (χ4v) is 5.07. The minimum Gasteiger partial charge on any atom is -0.471 e. The average Bonchev–Trinajstić information content (AvgIpc) is 3.77. The smallest absolute Gasteiger partial charge is 0.412 e. The number of carbonyl (C=O) groups excluding carboxylic acids is 2. The summed E-state index contributed by atoms with van der Waals surface area (Å²) in [6, 6.07) is 9.60. The van der Waals surface area contributed by atoms with Crippen LogP contribution in [0.3, 0.4) is 0 Å². The maximum atomic E-state index is 12.0. The quantitative estimate of drug-likeness (QED) is 0.103. The standard InChI is InChI=1S/C33H39N7O5/c1-5-43-31(41)12-10-27-37-28(35-16-26-20(3)13-24(14-21(26)4)32(34)39-33(42)44-6-2)15-30(38-27)45-19-25-18-40-17-23(22-7-8-22)9-11-29(40)36-25/h9,11,13-15,17-18,22H,5-8,10,12,16,19H2,1-4H3,(H2,34,39,42)(H,35,37,38). The zero-order valence-electron chi connectivity index (χ0n) is 26.1. The zero-order valence-corrected chi connectivity index (χ0v) is 26.1. The van der Waals surface area contributed by atoms with Gasteiger partial charge in [0.2, 0.25) is 5.88 Å². The highest BCUT2D eigenvalue weighted by molar-refractivity contribution is 6.04. The van der Waals surface area contributed by atoms with Crippen LogP contribution < -0.4 is 15.4 Å². The molecular weight excluding hydrogens is 574 g/mol. The van der Waals surface area contributed by atoms with Crippen LogP contribution in [0.15, 0.2) is 42.7 Å². The van der Waals surface area contributed by atoms with Crippen LogP contribution in [0.25, 0.3) is 5.65 Å². The number of imidazole rings is 1. The summed E-state index contributed by atoms with van der Waals surface area (Å²) >= 11 is 0. The van der Waals surface area contributed by atoms with Gasteiger partial charge in [-0.3, -0.25) is 15.5 Å². The summed E-state index contributed by atoms with van der Waals surface area (Å²) in [5, 5.41) is 14.1. The number of nitrogens with one attached hydrogen (secondary N) is 3. The molecule has 12 nitrogen and oxygen atoms in total. The molecule has 1 aliphatic carbocycles. The number of ether oxygens (including phenoxy) is 3. The SMILES string of the molecule is CCOC(=O)CCc1nc(NCc2c(C)cc(C(=N)NC(=O)OCC)cc2C)cc(OCc2cn3cc(C4CC4)ccc3n2)n1. The number of anilines is 1. The second-order valence-electron chi connectivity index (χ2n) is 11.0. The van der Waals surface area contributed by atoms with Crippen LogP contribution in [-0.4, -0.2) is 50.5 Å². The lowest BCUT2D eigenvalue weighted by Crippen LogP contribution is -2.31. The van der Waals surface area contributed by atoms with Crippen molar-refractivity contribution in [3.05, 3.63) is 82.1 Å². The number of nitrogens with zero attached hydrogens (tertiary/aromatic N) is 4. The number of amidine groups is 1. The molecule has 1 saturated carbocycles. The minimum atomic E-state index is -0.659. The summed E-state index contributed by atoms with van der Waals surface area (Å²) in [6.45, 7) is 8.59. The molecule has 12 heteroatoms. The number of fused-ring (bicyclic) bond motifs is 1. The van der Waals surface area contributed by atoms with E-state index in [4.69, 9.17) is 19.6 Å². The summed E-state index contributed by atoms with van der Waals surface area (Å²) in [4.78, 5) is 37.7. The second-order valence-corrected chi connectivity index (χ2v) is 11.0. The molecule has 0 atom stereocenters. The number of carbonyl (C=O) groups is 2. The Labute approximate surface area is 262 Å². The van der Waals surface area contributed by atoms with Crippen molar-refractivity contribution in [3.8, 4) is 5.88 Å². The number of alkyl carbamates (subject to hydrolysis) is 1. The van der Waals surface area contributed by atoms with Gasteiger partial charge in [0.05, 0.1) is 25.3 Å². The van der Waals surface area contributed by atoms with Crippen LogP contribution in [0.4, 0.5) is 10.6 Å². The van der Waals surface area contributed by atoms with Gasteiger partial charge >= 0.3 is 12.1 Å². The van der Waals surface area contributed by atoms with E-state index in [9.17, 15) is 9.59 Å². The van der Waals surface area contributed by atoms with Crippen molar-refractivity contribution in [3.63, 3.8) is 0 Å². The molecule has 236 valence electrons. The van der Waals surface area contributed by atoms with Crippen molar-refractivity contribution in [2.24, 2.45) is 0 Å². The van der Waals surface area contributed by atoms with Gasteiger partial charge in [0.25, 0.3) is 0 Å². The predicted molar refractivity (Wildman–Crippen MR) is 169 cm³/mol. The van der Waals surface area contributed by atoms with Crippen LogP contribution >= 0.6 is 0 Å². The van der Waals surface area contributed by atoms with Crippen molar-refractivity contribution in [1.82, 2.24) is 24.7 Å². The summed E-state index contributed by atoms with van der Waals surface area (Å²) in [5.74, 6) is 1.67. The molecule has 4 aromatic rings. The molecule has 1 aromatic carbocycles. The number of aryl methyl sites for hydroxylation is 3. The maximum absolute atomic E-state index is 12.0. The van der Waals surface area contributed by atoms with E-state index in [1.54, 1.807) is 19.9 Å². The number of pyridine rings is 1. The molecule has 3 aromatic heterocycles. The lowest BCUT2D eigenvalue weighted by molar-refractivity contribution is -0.143. The first-order chi connectivity index (χ1) is 21.7. The number of rotatable bonds is 13. The van der Waals surface area contributed by atoms with Gasteiger partial charge in [-0.15, -0.1) is 0 Å². The third-order valence-electron chi connectivity index (χ3n) is 7.48. The van der Waals surface area contributed by atoms with Crippen molar-refractivity contribution >= 4 is 29.4 Å². The predicted octanol–water partition coefficient (Wildman–Crippen LogP) is 5.38. The van der Waals surface area contributed by atoms with Gasteiger partial charge in [0.1, 0.15) is 29.7 Å². The highest BCUT2D eigenvalue weighted by atomic mass is 16.5. The normalized spacial score (nSPS) is 12.5. The zero-order chi connectivity index (χ0) is 31.9. The Morgan fingerprint density at radius 1 is 1.00 bits per heavy atom. The van der Waals surface area contributed by atoms with Gasteiger partial charge in [-0.25, -0.2) is 14.8 Å². The van der Waals surface area contributed by atoms with E-state index in [2.05, 4.69) is 37.8 Å². The van der Waals surface area contributed by atoms with Crippen molar-refractivity contribution in [1.29, 1.82) is 5.41 Å². The Balaban J connectivity index is 1.30. The first-order valence-electron chi connectivity index (χ1n) is 15.2. The molecule has 1 fully saturated rings. The molecule has 0 radical (unpaired) electrons. The maximum Gasteiger partial charge on any atom is 0.412 e. The molecule has 0 spiro atoms. The van der Waals surface area contributed by atoms with E-state index in [0.29, 0.717) is 48.6 Å². The van der Waals surface area contributed by atoms with Crippen LogP contribution in [0.1, 0.15) is 78.4 Å². The van der Waals surface area contributed by atoms with Crippen molar-refractivity contribution in [2.45, 2.75) is 72.4 Å². The largest absolute Gasteiger partial charge is 0.471 e. The Morgan fingerprint density at radius 3 is 2.47 bits per heavy atom. The Hall–Kier alpha value is -5.00. The fourth-order valence-electron chi connectivity index (χ4n) is 5.07. The van der Waals surface area contributed by atoms with Gasteiger partial charge < -0.3 is 23.9 Å². The summed E-state index contributed by atoms with van der Waals surface area (Å²) < 4.78 is 18.1. The number of hydrogen-bond acceptors (Lipinski definition) is 10. The molecule has 1 amide bonds. The number of aromatic nitrogens is 4. The minimum absolute atomic E-state index is 0.0306. The monoisotopic (exact) mass is 613 g/mol. The first-order valence-corrected chi connectivity index (χ1v) is 15.2. The molecule has 45 heavy (non-hydrogen) atoms. The van der Waals surface area contributed by atoms with Gasteiger partial charge in [-0.1, -0.05) is 6.07 Å².